The first-order valence-corrected chi connectivity index (χ1v) is 8.55. The van der Waals surface area contributed by atoms with Gasteiger partial charge in [0.25, 0.3) is 5.91 Å². The number of rotatable bonds is 5. The number of nitrogens with zero attached hydrogens (tertiary/aromatic N) is 1. The lowest BCUT2D eigenvalue weighted by Gasteiger charge is -2.09. The first kappa shape index (κ1) is 20.1. The molecule has 2 N–H and O–H groups in total. The number of hydrogen-bond acceptors (Lipinski definition) is 4. The number of carbonyl (C=O) groups excluding carboxylic acids is 2. The third kappa shape index (κ3) is 5.19. The number of Topliss-reactive ketones (excluding diaryl/α,β-unsaturated/α-hetero) is 1. The van der Waals surface area contributed by atoms with Gasteiger partial charge in [0.15, 0.2) is 5.78 Å². The highest BCUT2D eigenvalue weighted by Crippen LogP contribution is 2.29. The number of aromatic nitrogens is 1. The van der Waals surface area contributed by atoms with Crippen LogP contribution in [0.1, 0.15) is 33.2 Å². The average molecular weight is 399 g/mol. The Morgan fingerprint density at radius 3 is 1.93 bits per heavy atom. The maximum atomic E-state index is 12.6. The highest BCUT2D eigenvalue weighted by atomic mass is 19.4. The summed E-state index contributed by atoms with van der Waals surface area (Å²) < 4.78 is 37.8. The van der Waals surface area contributed by atoms with E-state index in [0.717, 1.165) is 30.0 Å². The van der Waals surface area contributed by atoms with Crippen LogP contribution in [0.5, 0.6) is 0 Å². The highest BCUT2D eigenvalue weighted by molar-refractivity contribution is 6.03. The number of halogens is 3. The molecule has 2 aromatic carbocycles. The number of pyridine rings is 1. The third-order valence-corrected chi connectivity index (χ3v) is 4.06. The molecule has 0 radical (unpaired) electrons. The molecule has 0 aliphatic rings. The van der Waals surface area contributed by atoms with Gasteiger partial charge in [-0.15, -0.1) is 0 Å². The van der Waals surface area contributed by atoms with Gasteiger partial charge in [-0.2, -0.15) is 13.2 Å². The van der Waals surface area contributed by atoms with Crippen LogP contribution in [0.2, 0.25) is 0 Å². The Kier molecular flexibility index (Phi) is 5.63. The minimum absolute atomic E-state index is 0.0219. The lowest BCUT2D eigenvalue weighted by atomic mass is 10.1. The van der Waals surface area contributed by atoms with Gasteiger partial charge in [-0.25, -0.2) is 4.98 Å². The molecular weight excluding hydrogens is 383 g/mol. The average Bonchev–Trinajstić information content (AvgIpc) is 2.69. The molecule has 0 saturated carbocycles. The number of ketones is 1. The molecule has 5 nitrogen and oxygen atoms in total. The topological polar surface area (TPSA) is 71.1 Å². The first-order valence-electron chi connectivity index (χ1n) is 8.55. The first-order chi connectivity index (χ1) is 13.7. The lowest BCUT2D eigenvalue weighted by molar-refractivity contribution is -0.137. The highest BCUT2D eigenvalue weighted by Gasteiger charge is 2.30. The van der Waals surface area contributed by atoms with Crippen molar-refractivity contribution < 1.29 is 22.8 Å². The molecule has 29 heavy (non-hydrogen) atoms. The van der Waals surface area contributed by atoms with Crippen LogP contribution in [0.15, 0.2) is 66.9 Å². The number of carbonyl (C=O) groups is 2. The minimum atomic E-state index is -4.45. The zero-order valence-electron chi connectivity index (χ0n) is 15.2. The predicted octanol–water partition coefficient (Wildman–Crippen LogP) is 5.30. The van der Waals surface area contributed by atoms with Crippen molar-refractivity contribution in [2.45, 2.75) is 13.1 Å². The molecule has 0 spiro atoms. The van der Waals surface area contributed by atoms with Crippen molar-refractivity contribution in [2.75, 3.05) is 10.6 Å². The Hall–Kier alpha value is -3.68. The largest absolute Gasteiger partial charge is 0.416 e. The fourth-order valence-corrected chi connectivity index (χ4v) is 2.50. The summed E-state index contributed by atoms with van der Waals surface area (Å²) in [6, 6.07) is 14.1. The van der Waals surface area contributed by atoms with Crippen LogP contribution in [0, 0.1) is 0 Å². The van der Waals surface area contributed by atoms with Crippen LogP contribution in [-0.4, -0.2) is 16.7 Å². The number of nitrogens with one attached hydrogen (secondary N) is 2. The molecule has 1 heterocycles. The van der Waals surface area contributed by atoms with Gasteiger partial charge in [-0.1, -0.05) is 0 Å². The molecule has 3 aromatic rings. The molecule has 0 bridgehead atoms. The molecule has 148 valence electrons. The van der Waals surface area contributed by atoms with E-state index < -0.39 is 17.6 Å². The molecule has 1 aromatic heterocycles. The SMILES string of the molecule is CC(=O)c1ccc(Nc2ccc(NC(=O)c3ccc(C(F)(F)F)cc3)nc2)cc1. The van der Waals surface area contributed by atoms with Gasteiger partial charge in [-0.05, 0) is 67.6 Å². The monoisotopic (exact) mass is 399 g/mol. The van der Waals surface area contributed by atoms with Crippen LogP contribution in [0.4, 0.5) is 30.4 Å². The van der Waals surface area contributed by atoms with E-state index in [4.69, 9.17) is 0 Å². The van der Waals surface area contributed by atoms with Gasteiger partial charge in [0.1, 0.15) is 5.82 Å². The molecular formula is C21H16F3N3O2. The van der Waals surface area contributed by atoms with E-state index in [0.29, 0.717) is 11.3 Å². The second-order valence-electron chi connectivity index (χ2n) is 6.22. The summed E-state index contributed by atoms with van der Waals surface area (Å²) >= 11 is 0. The Balaban J connectivity index is 1.62. The molecule has 0 saturated heterocycles. The van der Waals surface area contributed by atoms with Crippen LogP contribution in [0.25, 0.3) is 0 Å². The van der Waals surface area contributed by atoms with E-state index in [1.165, 1.54) is 13.1 Å². The minimum Gasteiger partial charge on any atom is -0.354 e. The van der Waals surface area contributed by atoms with Crippen molar-refractivity contribution in [3.05, 3.63) is 83.6 Å². The summed E-state index contributed by atoms with van der Waals surface area (Å²) in [6.45, 7) is 1.49. The zero-order chi connectivity index (χ0) is 21.0. The summed E-state index contributed by atoms with van der Waals surface area (Å²) in [5.41, 5.74) is 1.30. The maximum absolute atomic E-state index is 12.6. The Labute approximate surface area is 164 Å². The standard InChI is InChI=1S/C21H16F3N3O2/c1-13(28)14-4-8-17(9-5-14)26-18-10-11-19(25-12-18)27-20(29)15-2-6-16(7-3-15)21(22,23)24/h2-12,26H,1H3,(H,25,27,29). The Morgan fingerprint density at radius 1 is 0.828 bits per heavy atom. The van der Waals surface area contributed by atoms with Gasteiger partial charge >= 0.3 is 6.18 Å². The quantitative estimate of drug-likeness (QED) is 0.571. The second-order valence-corrected chi connectivity index (χ2v) is 6.22. The molecule has 8 heteroatoms. The van der Waals surface area contributed by atoms with Crippen molar-refractivity contribution in [2.24, 2.45) is 0 Å². The van der Waals surface area contributed by atoms with Crippen molar-refractivity contribution in [1.82, 2.24) is 4.98 Å². The van der Waals surface area contributed by atoms with Crippen molar-refractivity contribution in [3.8, 4) is 0 Å². The van der Waals surface area contributed by atoms with Crippen molar-refractivity contribution >= 4 is 28.9 Å². The molecule has 0 unspecified atom stereocenters. The van der Waals surface area contributed by atoms with Gasteiger partial charge in [-0.3, -0.25) is 9.59 Å². The molecule has 0 atom stereocenters. The summed E-state index contributed by atoms with van der Waals surface area (Å²) in [7, 11) is 0. The van der Waals surface area contributed by atoms with Gasteiger partial charge < -0.3 is 10.6 Å². The van der Waals surface area contributed by atoms with Gasteiger partial charge in [0.05, 0.1) is 17.4 Å². The van der Waals surface area contributed by atoms with E-state index >= 15 is 0 Å². The summed E-state index contributed by atoms with van der Waals surface area (Å²) in [6.07, 6.45) is -2.95. The summed E-state index contributed by atoms with van der Waals surface area (Å²) in [4.78, 5) is 27.6. The van der Waals surface area contributed by atoms with E-state index in [1.54, 1.807) is 36.4 Å². The van der Waals surface area contributed by atoms with Crippen molar-refractivity contribution in [3.63, 3.8) is 0 Å². The number of benzene rings is 2. The van der Waals surface area contributed by atoms with E-state index in [1.807, 2.05) is 0 Å². The van der Waals surface area contributed by atoms with E-state index in [2.05, 4.69) is 15.6 Å². The summed E-state index contributed by atoms with van der Waals surface area (Å²) in [5.74, 6) is -0.328. The van der Waals surface area contributed by atoms with Crippen LogP contribution in [0.3, 0.4) is 0 Å². The molecule has 0 aliphatic carbocycles. The normalized spacial score (nSPS) is 11.0. The fraction of sp³-hybridized carbons (Fsp3) is 0.0952. The zero-order valence-corrected chi connectivity index (χ0v) is 15.2. The van der Waals surface area contributed by atoms with E-state index in [-0.39, 0.29) is 17.2 Å². The predicted molar refractivity (Wildman–Crippen MR) is 103 cm³/mol. The summed E-state index contributed by atoms with van der Waals surface area (Å²) in [5, 5.41) is 5.64. The van der Waals surface area contributed by atoms with Crippen LogP contribution >= 0.6 is 0 Å². The maximum Gasteiger partial charge on any atom is 0.416 e. The van der Waals surface area contributed by atoms with Gasteiger partial charge in [0, 0.05) is 16.8 Å². The lowest BCUT2D eigenvalue weighted by Crippen LogP contribution is -2.13. The fourth-order valence-electron chi connectivity index (χ4n) is 2.50. The number of hydrogen-bond donors (Lipinski definition) is 2. The number of alkyl halides is 3. The van der Waals surface area contributed by atoms with Crippen molar-refractivity contribution in [1.29, 1.82) is 0 Å². The molecule has 0 fully saturated rings. The van der Waals surface area contributed by atoms with E-state index in [9.17, 15) is 22.8 Å². The molecule has 3 rings (SSSR count). The number of amides is 1. The van der Waals surface area contributed by atoms with Crippen LogP contribution < -0.4 is 10.6 Å². The van der Waals surface area contributed by atoms with Crippen LogP contribution in [-0.2, 0) is 6.18 Å². The third-order valence-electron chi connectivity index (χ3n) is 4.06. The number of anilines is 3. The Bertz CT molecular complexity index is 1010. The molecule has 1 amide bonds. The van der Waals surface area contributed by atoms with Gasteiger partial charge in [0.2, 0.25) is 0 Å². The molecule has 0 aliphatic heterocycles. The Morgan fingerprint density at radius 2 is 1.41 bits per heavy atom. The smallest absolute Gasteiger partial charge is 0.354 e. The second kappa shape index (κ2) is 8.14.